The van der Waals surface area contributed by atoms with E-state index in [1.165, 1.54) is 26.3 Å². The van der Waals surface area contributed by atoms with E-state index in [2.05, 4.69) is 5.32 Å². The molecule has 0 spiro atoms. The number of anilines is 1. The molecule has 1 N–H and O–H groups in total. The zero-order chi connectivity index (χ0) is 19.2. The number of hydrogen-bond donors (Lipinski definition) is 1. The fourth-order valence-corrected chi connectivity index (χ4v) is 3.56. The molecular formula is C19H24N2O4S. The minimum absolute atomic E-state index is 0.151. The maximum atomic E-state index is 12.8. The first kappa shape index (κ1) is 19.8. The van der Waals surface area contributed by atoms with Crippen molar-refractivity contribution < 1.29 is 17.9 Å². The quantitative estimate of drug-likeness (QED) is 0.719. The Kier molecular flexibility index (Phi) is 6.63. The molecule has 0 aromatic heterocycles. The molecule has 2 rings (SSSR count). The molecule has 0 saturated heterocycles. The number of sulfonamides is 1. The summed E-state index contributed by atoms with van der Waals surface area (Å²) in [5.74, 6) is 0.368. The molecule has 0 fully saturated rings. The zero-order valence-electron chi connectivity index (χ0n) is 15.2. The molecule has 0 atom stereocenters. The molecule has 2 aromatic carbocycles. The van der Waals surface area contributed by atoms with E-state index in [0.29, 0.717) is 23.5 Å². The van der Waals surface area contributed by atoms with Crippen LogP contribution in [0.25, 0.3) is 0 Å². The lowest BCUT2D eigenvalue weighted by Gasteiger charge is -2.20. The number of carbonyl (C=O) groups excluding carboxylic acids is 1. The Morgan fingerprint density at radius 1 is 1.15 bits per heavy atom. The van der Waals surface area contributed by atoms with Crippen LogP contribution in [-0.2, 0) is 10.0 Å². The van der Waals surface area contributed by atoms with Gasteiger partial charge in [-0.2, -0.15) is 0 Å². The number of rotatable bonds is 8. The number of carbonyl (C=O) groups is 1. The molecular weight excluding hydrogens is 352 g/mol. The average molecular weight is 376 g/mol. The Bertz CT molecular complexity index is 848. The largest absolute Gasteiger partial charge is 0.497 e. The van der Waals surface area contributed by atoms with Gasteiger partial charge >= 0.3 is 0 Å². The van der Waals surface area contributed by atoms with Crippen LogP contribution in [-0.4, -0.2) is 35.0 Å². The monoisotopic (exact) mass is 376 g/mol. The van der Waals surface area contributed by atoms with E-state index in [1.54, 1.807) is 36.4 Å². The molecule has 6 nitrogen and oxygen atoms in total. The molecule has 140 valence electrons. The Hall–Kier alpha value is -2.54. The molecule has 26 heavy (non-hydrogen) atoms. The first-order valence-corrected chi connectivity index (χ1v) is 9.85. The highest BCUT2D eigenvalue weighted by atomic mass is 32.2. The van der Waals surface area contributed by atoms with Gasteiger partial charge in [-0.15, -0.1) is 0 Å². The molecule has 0 aliphatic carbocycles. The van der Waals surface area contributed by atoms with Gasteiger partial charge in [0.2, 0.25) is 0 Å². The molecule has 7 heteroatoms. The molecule has 2 aromatic rings. The summed E-state index contributed by atoms with van der Waals surface area (Å²) >= 11 is 0. The Morgan fingerprint density at radius 3 is 2.46 bits per heavy atom. The van der Waals surface area contributed by atoms with Gasteiger partial charge in [-0.25, -0.2) is 8.42 Å². The van der Waals surface area contributed by atoms with Crippen molar-refractivity contribution in [1.29, 1.82) is 0 Å². The van der Waals surface area contributed by atoms with E-state index in [-0.39, 0.29) is 10.8 Å². The van der Waals surface area contributed by atoms with Gasteiger partial charge in [0.25, 0.3) is 15.9 Å². The van der Waals surface area contributed by atoms with Crippen molar-refractivity contribution >= 4 is 21.6 Å². The van der Waals surface area contributed by atoms with E-state index >= 15 is 0 Å². The van der Waals surface area contributed by atoms with E-state index < -0.39 is 10.0 Å². The van der Waals surface area contributed by atoms with Crippen molar-refractivity contribution in [1.82, 2.24) is 5.32 Å². The van der Waals surface area contributed by atoms with Gasteiger partial charge in [-0.05, 0) is 48.9 Å². The standard InChI is InChI=1S/C19H24N2O4S/c1-4-5-13-20-19(22)15-7-6-8-16(14-15)21(2)26(23,24)18-11-9-17(25-3)10-12-18/h6-12,14H,4-5,13H2,1-3H3,(H,20,22). The van der Waals surface area contributed by atoms with Crippen molar-refractivity contribution in [3.05, 3.63) is 54.1 Å². The molecule has 1 amide bonds. The van der Waals surface area contributed by atoms with Crippen LogP contribution in [0.2, 0.25) is 0 Å². The van der Waals surface area contributed by atoms with Crippen LogP contribution < -0.4 is 14.4 Å². The molecule has 0 saturated carbocycles. The highest BCUT2D eigenvalue weighted by Gasteiger charge is 2.22. The van der Waals surface area contributed by atoms with Crippen molar-refractivity contribution in [3.63, 3.8) is 0 Å². The second-order valence-corrected chi connectivity index (χ2v) is 7.78. The highest BCUT2D eigenvalue weighted by Crippen LogP contribution is 2.24. The van der Waals surface area contributed by atoms with E-state index in [9.17, 15) is 13.2 Å². The van der Waals surface area contributed by atoms with E-state index in [4.69, 9.17) is 4.74 Å². The smallest absolute Gasteiger partial charge is 0.264 e. The summed E-state index contributed by atoms with van der Waals surface area (Å²) in [4.78, 5) is 12.3. The van der Waals surface area contributed by atoms with Crippen molar-refractivity contribution in [2.24, 2.45) is 0 Å². The minimum Gasteiger partial charge on any atom is -0.497 e. The van der Waals surface area contributed by atoms with Crippen LogP contribution >= 0.6 is 0 Å². The molecule has 0 bridgehead atoms. The van der Waals surface area contributed by atoms with Crippen LogP contribution in [0.4, 0.5) is 5.69 Å². The van der Waals surface area contributed by atoms with Crippen LogP contribution in [0.3, 0.4) is 0 Å². The van der Waals surface area contributed by atoms with Crippen LogP contribution in [0.1, 0.15) is 30.1 Å². The summed E-state index contributed by atoms with van der Waals surface area (Å²) in [5, 5.41) is 2.83. The Balaban J connectivity index is 2.23. The first-order valence-electron chi connectivity index (χ1n) is 8.41. The third-order valence-electron chi connectivity index (χ3n) is 4.01. The predicted octanol–water partition coefficient (Wildman–Crippen LogP) is 3.05. The maximum Gasteiger partial charge on any atom is 0.264 e. The van der Waals surface area contributed by atoms with Crippen LogP contribution in [0.5, 0.6) is 5.75 Å². The summed E-state index contributed by atoms with van der Waals surface area (Å²) in [6, 6.07) is 12.7. The van der Waals surface area contributed by atoms with Crippen LogP contribution in [0.15, 0.2) is 53.4 Å². The minimum atomic E-state index is -3.73. The lowest BCUT2D eigenvalue weighted by atomic mass is 10.2. The Labute approximate surface area is 154 Å². The van der Waals surface area contributed by atoms with Gasteiger partial charge < -0.3 is 10.1 Å². The van der Waals surface area contributed by atoms with Crippen LogP contribution in [0, 0.1) is 0 Å². The third kappa shape index (κ3) is 4.54. The lowest BCUT2D eigenvalue weighted by molar-refractivity contribution is 0.0953. The second kappa shape index (κ2) is 8.71. The maximum absolute atomic E-state index is 12.8. The normalized spacial score (nSPS) is 11.0. The summed E-state index contributed by atoms with van der Waals surface area (Å²) in [6.45, 7) is 2.64. The topological polar surface area (TPSA) is 75.7 Å². The number of nitrogens with one attached hydrogen (secondary N) is 1. The molecule has 0 aliphatic heterocycles. The zero-order valence-corrected chi connectivity index (χ0v) is 16.0. The van der Waals surface area contributed by atoms with Gasteiger partial charge in [0, 0.05) is 19.2 Å². The van der Waals surface area contributed by atoms with E-state index in [1.807, 2.05) is 6.92 Å². The van der Waals surface area contributed by atoms with Gasteiger partial charge in [0.05, 0.1) is 17.7 Å². The number of benzene rings is 2. The lowest BCUT2D eigenvalue weighted by Crippen LogP contribution is -2.28. The summed E-state index contributed by atoms with van der Waals surface area (Å²) in [6.07, 6.45) is 1.89. The first-order chi connectivity index (χ1) is 12.4. The fraction of sp³-hybridized carbons (Fsp3) is 0.316. The SMILES string of the molecule is CCCCNC(=O)c1cccc(N(C)S(=O)(=O)c2ccc(OC)cc2)c1. The van der Waals surface area contributed by atoms with E-state index in [0.717, 1.165) is 17.1 Å². The van der Waals surface area contributed by atoms with Gasteiger partial charge in [-0.3, -0.25) is 9.10 Å². The van der Waals surface area contributed by atoms with Gasteiger partial charge in [0.15, 0.2) is 0 Å². The number of hydrogen-bond acceptors (Lipinski definition) is 4. The van der Waals surface area contributed by atoms with Gasteiger partial charge in [0.1, 0.15) is 5.75 Å². The van der Waals surface area contributed by atoms with Crippen molar-refractivity contribution in [3.8, 4) is 5.75 Å². The van der Waals surface area contributed by atoms with Crippen molar-refractivity contribution in [2.75, 3.05) is 25.0 Å². The highest BCUT2D eigenvalue weighted by molar-refractivity contribution is 7.92. The van der Waals surface area contributed by atoms with Gasteiger partial charge in [-0.1, -0.05) is 19.4 Å². The molecule has 0 radical (unpaired) electrons. The third-order valence-corrected chi connectivity index (χ3v) is 5.81. The number of unbranched alkanes of at least 4 members (excludes halogenated alkanes) is 1. The summed E-state index contributed by atoms with van der Waals surface area (Å²) in [7, 11) is -0.748. The Morgan fingerprint density at radius 2 is 1.85 bits per heavy atom. The summed E-state index contributed by atoms with van der Waals surface area (Å²) < 4.78 is 31.8. The number of ether oxygens (including phenoxy) is 1. The predicted molar refractivity (Wildman–Crippen MR) is 102 cm³/mol. The second-order valence-electron chi connectivity index (χ2n) is 5.81. The number of methoxy groups -OCH3 is 1. The summed E-state index contributed by atoms with van der Waals surface area (Å²) in [5.41, 5.74) is 0.847. The molecule has 0 heterocycles. The number of amides is 1. The number of nitrogens with zero attached hydrogens (tertiary/aromatic N) is 1. The average Bonchev–Trinajstić information content (AvgIpc) is 2.67. The molecule has 0 unspecified atom stereocenters. The fourth-order valence-electron chi connectivity index (χ4n) is 2.37. The molecule has 0 aliphatic rings. The van der Waals surface area contributed by atoms with Crippen molar-refractivity contribution in [2.45, 2.75) is 24.7 Å².